The first-order valence-corrected chi connectivity index (χ1v) is 10.9. The molecule has 0 bridgehead atoms. The largest absolute Gasteiger partial charge is 0.311 e. The third-order valence-electron chi connectivity index (χ3n) is 5.56. The molecule has 6 heteroatoms. The molecule has 0 saturated heterocycles. The van der Waals surface area contributed by atoms with E-state index in [-0.39, 0.29) is 16.7 Å². The summed E-state index contributed by atoms with van der Waals surface area (Å²) in [5, 5.41) is 0. The van der Waals surface area contributed by atoms with Crippen molar-refractivity contribution in [3.63, 3.8) is 0 Å². The molecule has 0 saturated carbocycles. The van der Waals surface area contributed by atoms with E-state index in [0.717, 1.165) is 41.8 Å². The van der Waals surface area contributed by atoms with Gasteiger partial charge in [-0.05, 0) is 74.6 Å². The third-order valence-corrected chi connectivity index (χ3v) is 7.44. The highest BCUT2D eigenvalue weighted by atomic mass is 32.2. The number of carbonyl (C=O) groups is 1. The van der Waals surface area contributed by atoms with Gasteiger partial charge in [-0.25, -0.2) is 8.42 Å². The van der Waals surface area contributed by atoms with Crippen LogP contribution in [0.3, 0.4) is 0 Å². The number of amides is 1. The van der Waals surface area contributed by atoms with Gasteiger partial charge in [-0.15, -0.1) is 0 Å². The summed E-state index contributed by atoms with van der Waals surface area (Å²) in [5.41, 5.74) is 4.43. The average molecular weight is 385 g/mol. The van der Waals surface area contributed by atoms with Crippen LogP contribution in [0.1, 0.15) is 42.9 Å². The van der Waals surface area contributed by atoms with Gasteiger partial charge in [0, 0.05) is 13.1 Å². The van der Waals surface area contributed by atoms with Crippen LogP contribution < -0.4 is 9.21 Å². The van der Waals surface area contributed by atoms with Gasteiger partial charge in [0.1, 0.15) is 0 Å². The van der Waals surface area contributed by atoms with Crippen LogP contribution in [-0.4, -0.2) is 27.4 Å². The number of nitrogens with zero attached hydrogens (tertiary/aromatic N) is 2. The van der Waals surface area contributed by atoms with Crippen LogP contribution in [0.2, 0.25) is 0 Å². The minimum Gasteiger partial charge on any atom is -0.311 e. The summed E-state index contributed by atoms with van der Waals surface area (Å²) in [6.45, 7) is 6.72. The Kier molecular flexibility index (Phi) is 4.26. The maximum atomic E-state index is 13.5. The van der Waals surface area contributed by atoms with E-state index in [1.165, 1.54) is 4.31 Å². The Morgan fingerprint density at radius 3 is 2.70 bits per heavy atom. The molecule has 1 atom stereocenters. The monoisotopic (exact) mass is 384 g/mol. The number of carbonyl (C=O) groups excluding carboxylic acids is 1. The van der Waals surface area contributed by atoms with Gasteiger partial charge in [0.15, 0.2) is 0 Å². The predicted molar refractivity (Wildman–Crippen MR) is 107 cm³/mol. The fourth-order valence-corrected chi connectivity index (χ4v) is 5.77. The van der Waals surface area contributed by atoms with Crippen molar-refractivity contribution in [2.24, 2.45) is 0 Å². The Morgan fingerprint density at radius 1 is 1.22 bits per heavy atom. The van der Waals surface area contributed by atoms with E-state index in [1.54, 1.807) is 12.1 Å². The van der Waals surface area contributed by atoms with Crippen molar-refractivity contribution in [3.05, 3.63) is 53.1 Å². The lowest BCUT2D eigenvalue weighted by atomic mass is 9.97. The molecule has 0 N–H and O–H groups in total. The Balaban J connectivity index is 1.85. The van der Waals surface area contributed by atoms with Crippen molar-refractivity contribution in [3.8, 4) is 0 Å². The summed E-state index contributed by atoms with van der Waals surface area (Å²) in [4.78, 5) is 14.7. The lowest BCUT2D eigenvalue weighted by molar-refractivity contribution is -0.119. The van der Waals surface area contributed by atoms with Gasteiger partial charge in [-0.3, -0.25) is 9.10 Å². The van der Waals surface area contributed by atoms with E-state index in [4.69, 9.17) is 0 Å². The second-order valence-corrected chi connectivity index (χ2v) is 9.21. The van der Waals surface area contributed by atoms with E-state index in [2.05, 4.69) is 0 Å². The first kappa shape index (κ1) is 18.0. The van der Waals surface area contributed by atoms with E-state index >= 15 is 0 Å². The Hall–Kier alpha value is -2.34. The summed E-state index contributed by atoms with van der Waals surface area (Å²) in [5.74, 6) is -0.215. The van der Waals surface area contributed by atoms with Gasteiger partial charge in [-0.2, -0.15) is 0 Å². The summed E-state index contributed by atoms with van der Waals surface area (Å²) < 4.78 is 28.4. The summed E-state index contributed by atoms with van der Waals surface area (Å²) >= 11 is 0. The predicted octanol–water partition coefficient (Wildman–Crippen LogP) is 3.61. The van der Waals surface area contributed by atoms with Crippen molar-refractivity contribution in [1.82, 2.24) is 0 Å². The second-order valence-electron chi connectivity index (χ2n) is 7.34. The molecule has 0 aliphatic carbocycles. The van der Waals surface area contributed by atoms with Gasteiger partial charge >= 0.3 is 0 Å². The van der Waals surface area contributed by atoms with Gasteiger partial charge in [0.05, 0.1) is 22.2 Å². The van der Waals surface area contributed by atoms with E-state index in [0.29, 0.717) is 12.2 Å². The smallest absolute Gasteiger partial charge is 0.264 e. The Labute approximate surface area is 160 Å². The summed E-state index contributed by atoms with van der Waals surface area (Å²) in [6, 6.07) is 11.0. The highest BCUT2D eigenvalue weighted by Gasteiger charge is 2.39. The van der Waals surface area contributed by atoms with E-state index in [9.17, 15) is 13.2 Å². The summed E-state index contributed by atoms with van der Waals surface area (Å²) in [7, 11) is -3.71. The van der Waals surface area contributed by atoms with Crippen LogP contribution in [0.5, 0.6) is 0 Å². The molecule has 0 spiro atoms. The number of hydrogen-bond acceptors (Lipinski definition) is 3. The normalized spacial score (nSPS) is 18.6. The molecule has 2 aliphatic rings. The molecule has 0 unspecified atom stereocenters. The number of anilines is 2. The highest BCUT2D eigenvalue weighted by Crippen LogP contribution is 2.44. The van der Waals surface area contributed by atoms with Gasteiger partial charge in [0.25, 0.3) is 10.0 Å². The fourth-order valence-electron chi connectivity index (χ4n) is 4.22. The van der Waals surface area contributed by atoms with Crippen LogP contribution >= 0.6 is 0 Å². The molecule has 2 aromatic rings. The minimum atomic E-state index is -3.71. The molecule has 27 heavy (non-hydrogen) atoms. The summed E-state index contributed by atoms with van der Waals surface area (Å²) in [6.07, 6.45) is 1.67. The zero-order valence-corrected chi connectivity index (χ0v) is 16.7. The van der Waals surface area contributed by atoms with Crippen LogP contribution in [0.15, 0.2) is 41.3 Å². The minimum absolute atomic E-state index is 0.0755. The lowest BCUT2D eigenvalue weighted by Crippen LogP contribution is -2.33. The molecular weight excluding hydrogens is 360 g/mol. The zero-order valence-electron chi connectivity index (χ0n) is 15.9. The molecule has 2 heterocycles. The molecule has 5 nitrogen and oxygen atoms in total. The van der Waals surface area contributed by atoms with Crippen molar-refractivity contribution in [2.75, 3.05) is 22.3 Å². The first-order valence-electron chi connectivity index (χ1n) is 9.42. The maximum Gasteiger partial charge on any atom is 0.264 e. The zero-order chi connectivity index (χ0) is 19.3. The van der Waals surface area contributed by atoms with Gasteiger partial charge < -0.3 is 4.90 Å². The molecule has 0 aromatic heterocycles. The molecule has 4 rings (SSSR count). The fraction of sp³-hybridized carbons (Fsp3) is 0.381. The van der Waals surface area contributed by atoms with Crippen LogP contribution in [-0.2, 0) is 21.2 Å². The SMILES string of the molecule is CCN(c1cccc(C)c1)S(=O)(=O)c1cc2c3c(c1)[C@@H](C)C(=O)N3CCC2. The molecule has 2 aliphatic heterocycles. The van der Waals surface area contributed by atoms with Gasteiger partial charge in [0.2, 0.25) is 5.91 Å². The number of rotatable bonds is 4. The van der Waals surface area contributed by atoms with Crippen LogP contribution in [0.4, 0.5) is 11.4 Å². The Morgan fingerprint density at radius 2 is 2.00 bits per heavy atom. The number of aryl methyl sites for hydroxylation is 2. The van der Waals surface area contributed by atoms with E-state index in [1.807, 2.05) is 49.9 Å². The highest BCUT2D eigenvalue weighted by molar-refractivity contribution is 7.92. The van der Waals surface area contributed by atoms with Crippen molar-refractivity contribution in [1.29, 1.82) is 0 Å². The van der Waals surface area contributed by atoms with Gasteiger partial charge in [-0.1, -0.05) is 12.1 Å². The lowest BCUT2D eigenvalue weighted by Gasteiger charge is -2.27. The van der Waals surface area contributed by atoms with Crippen LogP contribution in [0.25, 0.3) is 0 Å². The molecule has 142 valence electrons. The number of sulfonamides is 1. The standard InChI is InChI=1S/C21H24N2O3S/c1-4-23(17-9-5-7-14(2)11-17)27(25,26)18-12-16-8-6-10-22-20(16)19(13-18)15(3)21(22)24/h5,7,9,11-13,15H,4,6,8,10H2,1-3H3/t15-/m1/s1. The third kappa shape index (κ3) is 2.74. The quantitative estimate of drug-likeness (QED) is 0.809. The number of benzene rings is 2. The van der Waals surface area contributed by atoms with Crippen molar-refractivity contribution < 1.29 is 13.2 Å². The second kappa shape index (κ2) is 6.37. The van der Waals surface area contributed by atoms with Crippen LogP contribution in [0, 0.1) is 6.92 Å². The number of hydrogen-bond donors (Lipinski definition) is 0. The van der Waals surface area contributed by atoms with E-state index < -0.39 is 10.0 Å². The maximum absolute atomic E-state index is 13.5. The first-order chi connectivity index (χ1) is 12.8. The molecule has 2 aromatic carbocycles. The molecule has 0 fully saturated rings. The Bertz CT molecular complexity index is 1030. The average Bonchev–Trinajstić information content (AvgIpc) is 2.89. The molecule has 1 amide bonds. The topological polar surface area (TPSA) is 57.7 Å². The van der Waals surface area contributed by atoms with Crippen molar-refractivity contribution in [2.45, 2.75) is 44.4 Å². The molecule has 0 radical (unpaired) electrons. The van der Waals surface area contributed by atoms with Crippen molar-refractivity contribution >= 4 is 27.3 Å². The molecular formula is C21H24N2O3S.